The zero-order valence-electron chi connectivity index (χ0n) is 14.0. The quantitative estimate of drug-likeness (QED) is 0.793. The molecule has 0 aromatic carbocycles. The molecule has 0 aromatic rings. The van der Waals surface area contributed by atoms with Crippen LogP contribution in [0.1, 0.15) is 65.7 Å². The second-order valence-corrected chi connectivity index (χ2v) is 7.50. The van der Waals surface area contributed by atoms with Crippen molar-refractivity contribution in [3.63, 3.8) is 0 Å². The Hall–Kier alpha value is -0.0800. The highest BCUT2D eigenvalue weighted by Crippen LogP contribution is 2.34. The van der Waals surface area contributed by atoms with Gasteiger partial charge in [0.2, 0.25) is 0 Å². The van der Waals surface area contributed by atoms with Crippen LogP contribution in [0.3, 0.4) is 0 Å². The first-order valence-electron chi connectivity index (χ1n) is 9.16. The third kappa shape index (κ3) is 4.73. The fraction of sp³-hybridized carbons (Fsp3) is 1.00. The van der Waals surface area contributed by atoms with Crippen molar-refractivity contribution in [1.82, 2.24) is 10.2 Å². The molecule has 0 aromatic heterocycles. The summed E-state index contributed by atoms with van der Waals surface area (Å²) in [7, 11) is 0. The molecule has 2 heteroatoms. The minimum absolute atomic E-state index is 0.784. The van der Waals surface area contributed by atoms with E-state index in [9.17, 15) is 0 Å². The first kappa shape index (κ1) is 16.3. The Morgan fingerprint density at radius 2 is 1.85 bits per heavy atom. The van der Waals surface area contributed by atoms with Crippen molar-refractivity contribution in [2.24, 2.45) is 17.8 Å². The lowest BCUT2D eigenvalue weighted by molar-refractivity contribution is 0.111. The summed E-state index contributed by atoms with van der Waals surface area (Å²) >= 11 is 0. The van der Waals surface area contributed by atoms with E-state index in [0.717, 1.165) is 23.8 Å². The Morgan fingerprint density at radius 1 is 1.10 bits per heavy atom. The van der Waals surface area contributed by atoms with Gasteiger partial charge in [-0.1, -0.05) is 27.2 Å². The van der Waals surface area contributed by atoms with Gasteiger partial charge in [0.15, 0.2) is 0 Å². The zero-order valence-corrected chi connectivity index (χ0v) is 14.0. The van der Waals surface area contributed by atoms with Crippen LogP contribution in [0.4, 0.5) is 0 Å². The number of hydrogen-bond donors (Lipinski definition) is 1. The average Bonchev–Trinajstić information content (AvgIpc) is 2.47. The van der Waals surface area contributed by atoms with Crippen LogP contribution in [0.5, 0.6) is 0 Å². The van der Waals surface area contributed by atoms with E-state index in [2.05, 4.69) is 31.0 Å². The van der Waals surface area contributed by atoms with Crippen LogP contribution in [0.2, 0.25) is 0 Å². The van der Waals surface area contributed by atoms with Crippen LogP contribution < -0.4 is 5.32 Å². The Kier molecular flexibility index (Phi) is 6.83. The molecule has 2 nitrogen and oxygen atoms in total. The van der Waals surface area contributed by atoms with Gasteiger partial charge in [-0.15, -0.1) is 0 Å². The van der Waals surface area contributed by atoms with E-state index in [1.54, 1.807) is 0 Å². The molecule has 1 saturated heterocycles. The third-order valence-corrected chi connectivity index (χ3v) is 5.56. The molecule has 118 valence electrons. The smallest absolute Gasteiger partial charge is 0.0108 e. The minimum Gasteiger partial charge on any atom is -0.314 e. The predicted molar refractivity (Wildman–Crippen MR) is 88.0 cm³/mol. The molecule has 1 heterocycles. The molecule has 3 unspecified atom stereocenters. The van der Waals surface area contributed by atoms with E-state index < -0.39 is 0 Å². The van der Waals surface area contributed by atoms with E-state index in [1.807, 2.05) is 0 Å². The fourth-order valence-corrected chi connectivity index (χ4v) is 4.18. The van der Waals surface area contributed by atoms with Crippen molar-refractivity contribution in [2.45, 2.75) is 71.8 Å². The monoisotopic (exact) mass is 280 g/mol. The van der Waals surface area contributed by atoms with Crippen molar-refractivity contribution in [3.8, 4) is 0 Å². The van der Waals surface area contributed by atoms with E-state index in [-0.39, 0.29) is 0 Å². The molecule has 1 N–H and O–H groups in total. The maximum atomic E-state index is 3.84. The molecule has 0 bridgehead atoms. The van der Waals surface area contributed by atoms with E-state index in [1.165, 1.54) is 71.1 Å². The van der Waals surface area contributed by atoms with Gasteiger partial charge in [0.25, 0.3) is 0 Å². The number of nitrogens with zero attached hydrogens (tertiary/aromatic N) is 1. The number of piperidine rings is 1. The number of nitrogens with one attached hydrogen (secondary N) is 1. The Bertz CT molecular complexity index is 258. The molecule has 0 spiro atoms. The van der Waals surface area contributed by atoms with Crippen LogP contribution in [0, 0.1) is 17.8 Å². The fourth-order valence-electron chi connectivity index (χ4n) is 4.18. The summed E-state index contributed by atoms with van der Waals surface area (Å²) in [4.78, 5) is 2.75. The van der Waals surface area contributed by atoms with Crippen molar-refractivity contribution in [1.29, 1.82) is 0 Å². The number of rotatable bonds is 6. The summed E-state index contributed by atoms with van der Waals surface area (Å²) in [5.41, 5.74) is 0. The van der Waals surface area contributed by atoms with E-state index >= 15 is 0 Å². The van der Waals surface area contributed by atoms with Gasteiger partial charge in [-0.3, -0.25) is 0 Å². The van der Waals surface area contributed by atoms with Crippen molar-refractivity contribution >= 4 is 0 Å². The summed E-state index contributed by atoms with van der Waals surface area (Å²) in [5.74, 6) is 2.72. The van der Waals surface area contributed by atoms with Crippen molar-refractivity contribution in [2.75, 3.05) is 26.2 Å². The molecule has 1 aliphatic carbocycles. The second-order valence-electron chi connectivity index (χ2n) is 7.50. The predicted octanol–water partition coefficient (Wildman–Crippen LogP) is 3.91. The normalized spacial score (nSPS) is 32.7. The molecule has 1 saturated carbocycles. The summed E-state index contributed by atoms with van der Waals surface area (Å²) in [6.45, 7) is 12.4. The van der Waals surface area contributed by atoms with Gasteiger partial charge in [0, 0.05) is 12.6 Å². The molecular weight excluding hydrogens is 244 g/mol. The first-order chi connectivity index (χ1) is 9.70. The SMILES string of the molecule is CCCNC1CCC(C(C)C)CC1CN1CCCCC1. The first-order valence-corrected chi connectivity index (χ1v) is 9.16. The van der Waals surface area contributed by atoms with E-state index in [4.69, 9.17) is 0 Å². The van der Waals surface area contributed by atoms with Gasteiger partial charge in [-0.2, -0.15) is 0 Å². The largest absolute Gasteiger partial charge is 0.314 e. The summed E-state index contributed by atoms with van der Waals surface area (Å²) in [6, 6.07) is 0.784. The summed E-state index contributed by atoms with van der Waals surface area (Å²) in [5, 5.41) is 3.84. The molecule has 1 aliphatic heterocycles. The summed E-state index contributed by atoms with van der Waals surface area (Å²) < 4.78 is 0. The highest BCUT2D eigenvalue weighted by Gasteiger charge is 2.32. The summed E-state index contributed by atoms with van der Waals surface area (Å²) in [6.07, 6.45) is 9.86. The molecule has 20 heavy (non-hydrogen) atoms. The van der Waals surface area contributed by atoms with Crippen molar-refractivity contribution in [3.05, 3.63) is 0 Å². The van der Waals surface area contributed by atoms with E-state index in [0.29, 0.717) is 0 Å². The van der Waals surface area contributed by atoms with Crippen LogP contribution in [-0.4, -0.2) is 37.1 Å². The molecular formula is C18H36N2. The lowest BCUT2D eigenvalue weighted by Gasteiger charge is -2.41. The molecule has 2 aliphatic rings. The number of likely N-dealkylation sites (tertiary alicyclic amines) is 1. The lowest BCUT2D eigenvalue weighted by Crippen LogP contribution is -2.47. The molecule has 2 rings (SSSR count). The van der Waals surface area contributed by atoms with Gasteiger partial charge in [0.1, 0.15) is 0 Å². The van der Waals surface area contributed by atoms with Gasteiger partial charge in [-0.25, -0.2) is 0 Å². The Labute approximate surface area is 126 Å². The maximum absolute atomic E-state index is 3.84. The maximum Gasteiger partial charge on any atom is 0.0108 e. The Balaban J connectivity index is 1.89. The minimum atomic E-state index is 0.784. The van der Waals surface area contributed by atoms with Crippen molar-refractivity contribution < 1.29 is 0 Å². The molecule has 2 fully saturated rings. The van der Waals surface area contributed by atoms with Gasteiger partial charge in [0.05, 0.1) is 0 Å². The third-order valence-electron chi connectivity index (χ3n) is 5.56. The average molecular weight is 280 g/mol. The van der Waals surface area contributed by atoms with Crippen LogP contribution in [0.25, 0.3) is 0 Å². The molecule has 3 atom stereocenters. The standard InChI is InChI=1S/C18H36N2/c1-4-10-19-18-9-8-16(15(2)3)13-17(18)14-20-11-6-5-7-12-20/h15-19H,4-14H2,1-3H3. The Morgan fingerprint density at radius 3 is 2.50 bits per heavy atom. The van der Waals surface area contributed by atoms with Gasteiger partial charge >= 0.3 is 0 Å². The zero-order chi connectivity index (χ0) is 14.4. The topological polar surface area (TPSA) is 15.3 Å². The van der Waals surface area contributed by atoms with Crippen LogP contribution in [-0.2, 0) is 0 Å². The van der Waals surface area contributed by atoms with Gasteiger partial charge in [-0.05, 0) is 75.9 Å². The highest BCUT2D eigenvalue weighted by atomic mass is 15.1. The lowest BCUT2D eigenvalue weighted by atomic mass is 9.73. The second kappa shape index (κ2) is 8.38. The van der Waals surface area contributed by atoms with Gasteiger partial charge < -0.3 is 10.2 Å². The molecule has 0 radical (unpaired) electrons. The number of hydrogen-bond acceptors (Lipinski definition) is 2. The van der Waals surface area contributed by atoms with Crippen LogP contribution >= 0.6 is 0 Å². The highest BCUT2D eigenvalue weighted by molar-refractivity contribution is 4.88. The van der Waals surface area contributed by atoms with Crippen LogP contribution in [0.15, 0.2) is 0 Å². The molecule has 0 amide bonds.